The summed E-state index contributed by atoms with van der Waals surface area (Å²) in [5.74, 6) is 1.59. The van der Waals surface area contributed by atoms with Crippen LogP contribution in [0.5, 0.6) is 5.75 Å². The van der Waals surface area contributed by atoms with Gasteiger partial charge in [0.2, 0.25) is 0 Å². The number of ether oxygens (including phenoxy) is 1. The van der Waals surface area contributed by atoms with Crippen molar-refractivity contribution >= 4 is 0 Å². The topological polar surface area (TPSA) is 34.1 Å². The number of hydrogen-bond acceptors (Lipinski definition) is 3. The van der Waals surface area contributed by atoms with E-state index in [-0.39, 0.29) is 0 Å². The van der Waals surface area contributed by atoms with E-state index in [1.807, 2.05) is 42.7 Å². The fourth-order valence-corrected chi connectivity index (χ4v) is 2.43. The van der Waals surface area contributed by atoms with Crippen LogP contribution in [-0.4, -0.2) is 24.7 Å². The van der Waals surface area contributed by atoms with Gasteiger partial charge in [0, 0.05) is 30.4 Å². The molecule has 1 atom stereocenters. The van der Waals surface area contributed by atoms with E-state index in [9.17, 15) is 0 Å². The van der Waals surface area contributed by atoms with Gasteiger partial charge in [0.05, 0.1) is 6.61 Å². The summed E-state index contributed by atoms with van der Waals surface area (Å²) in [4.78, 5) is 4.06. The van der Waals surface area contributed by atoms with Gasteiger partial charge in [-0.15, -0.1) is 0 Å². The van der Waals surface area contributed by atoms with Crippen LogP contribution >= 0.6 is 0 Å². The van der Waals surface area contributed by atoms with Crippen LogP contribution in [0.4, 0.5) is 0 Å². The normalized spacial score (nSPS) is 18.4. The number of nitrogens with zero attached hydrogens (tertiary/aromatic N) is 1. The van der Waals surface area contributed by atoms with E-state index in [0.717, 1.165) is 36.6 Å². The van der Waals surface area contributed by atoms with Gasteiger partial charge in [0.15, 0.2) is 0 Å². The van der Waals surface area contributed by atoms with Gasteiger partial charge >= 0.3 is 0 Å². The fraction of sp³-hybridized carbons (Fsp3) is 0.312. The van der Waals surface area contributed by atoms with E-state index in [2.05, 4.69) is 16.4 Å². The van der Waals surface area contributed by atoms with Crippen molar-refractivity contribution in [2.75, 3.05) is 19.7 Å². The molecule has 0 amide bonds. The maximum atomic E-state index is 6.02. The molecule has 0 radical (unpaired) electrons. The zero-order chi connectivity index (χ0) is 12.9. The summed E-state index contributed by atoms with van der Waals surface area (Å²) in [7, 11) is 0. The molecule has 0 saturated carbocycles. The van der Waals surface area contributed by atoms with Crippen LogP contribution in [0.1, 0.15) is 6.42 Å². The Labute approximate surface area is 113 Å². The zero-order valence-corrected chi connectivity index (χ0v) is 10.9. The van der Waals surface area contributed by atoms with Crippen molar-refractivity contribution in [3.63, 3.8) is 0 Å². The number of hydrogen-bond donors (Lipinski definition) is 1. The van der Waals surface area contributed by atoms with Crippen molar-refractivity contribution in [3.05, 3.63) is 48.8 Å². The Kier molecular flexibility index (Phi) is 3.75. The van der Waals surface area contributed by atoms with Gasteiger partial charge in [0.25, 0.3) is 0 Å². The Morgan fingerprint density at radius 3 is 2.79 bits per heavy atom. The summed E-state index contributed by atoms with van der Waals surface area (Å²) in [6.07, 6.45) is 4.83. The Bertz CT molecular complexity index is 521. The quantitative estimate of drug-likeness (QED) is 0.911. The standard InChI is InChI=1S/C16H18N2O/c1-2-4-16(19-12-13-5-8-18-11-13)15(3-1)14-6-9-17-10-7-14/h1-4,6-7,9-10,13,18H,5,8,11-12H2. The SMILES string of the molecule is c1ccc(-c2ccncc2)c(OCC2CCNC2)c1. The lowest BCUT2D eigenvalue weighted by Crippen LogP contribution is -2.15. The predicted molar refractivity (Wildman–Crippen MR) is 76.1 cm³/mol. The lowest BCUT2D eigenvalue weighted by Gasteiger charge is -2.14. The zero-order valence-electron chi connectivity index (χ0n) is 10.9. The van der Waals surface area contributed by atoms with E-state index in [1.165, 1.54) is 6.42 Å². The summed E-state index contributed by atoms with van der Waals surface area (Å²) in [5, 5.41) is 3.37. The molecular weight excluding hydrogens is 236 g/mol. The molecular formula is C16H18N2O. The van der Waals surface area contributed by atoms with Crippen molar-refractivity contribution in [2.45, 2.75) is 6.42 Å². The molecule has 1 aromatic heterocycles. The summed E-state index contributed by atoms with van der Waals surface area (Å²) in [5.41, 5.74) is 2.28. The molecule has 0 spiro atoms. The lowest BCUT2D eigenvalue weighted by molar-refractivity contribution is 0.261. The minimum absolute atomic E-state index is 0.630. The summed E-state index contributed by atoms with van der Waals surface area (Å²) in [6, 6.07) is 12.2. The van der Waals surface area contributed by atoms with Crippen molar-refractivity contribution in [1.82, 2.24) is 10.3 Å². The number of nitrogens with one attached hydrogen (secondary N) is 1. The third kappa shape index (κ3) is 2.93. The van der Waals surface area contributed by atoms with Gasteiger partial charge in [-0.3, -0.25) is 4.98 Å². The molecule has 3 nitrogen and oxygen atoms in total. The molecule has 1 saturated heterocycles. The molecule has 1 aliphatic heterocycles. The van der Waals surface area contributed by atoms with Crippen molar-refractivity contribution in [1.29, 1.82) is 0 Å². The Hall–Kier alpha value is -1.87. The van der Waals surface area contributed by atoms with Crippen LogP contribution in [-0.2, 0) is 0 Å². The van der Waals surface area contributed by atoms with Gasteiger partial charge in [0.1, 0.15) is 5.75 Å². The minimum Gasteiger partial charge on any atom is -0.493 e. The largest absolute Gasteiger partial charge is 0.493 e. The van der Waals surface area contributed by atoms with E-state index >= 15 is 0 Å². The molecule has 2 aromatic rings. The van der Waals surface area contributed by atoms with Crippen molar-refractivity contribution in [3.8, 4) is 16.9 Å². The lowest BCUT2D eigenvalue weighted by atomic mass is 10.1. The first-order valence-electron chi connectivity index (χ1n) is 6.76. The van der Waals surface area contributed by atoms with Gasteiger partial charge in [-0.25, -0.2) is 0 Å². The molecule has 2 heterocycles. The van der Waals surface area contributed by atoms with Crippen LogP contribution in [0.25, 0.3) is 11.1 Å². The van der Waals surface area contributed by atoms with Gasteiger partial charge < -0.3 is 10.1 Å². The third-order valence-electron chi connectivity index (χ3n) is 3.52. The summed E-state index contributed by atoms with van der Waals surface area (Å²) >= 11 is 0. The first-order chi connectivity index (χ1) is 9.43. The molecule has 1 N–H and O–H groups in total. The van der Waals surface area contributed by atoms with E-state index < -0.39 is 0 Å². The van der Waals surface area contributed by atoms with E-state index in [0.29, 0.717) is 5.92 Å². The molecule has 1 unspecified atom stereocenters. The molecule has 1 aromatic carbocycles. The molecule has 98 valence electrons. The Morgan fingerprint density at radius 2 is 2.00 bits per heavy atom. The maximum Gasteiger partial charge on any atom is 0.127 e. The molecule has 0 bridgehead atoms. The molecule has 1 aliphatic rings. The number of pyridine rings is 1. The second-order valence-corrected chi connectivity index (χ2v) is 4.90. The average molecular weight is 254 g/mol. The number of rotatable bonds is 4. The monoisotopic (exact) mass is 254 g/mol. The number of aromatic nitrogens is 1. The van der Waals surface area contributed by atoms with Crippen molar-refractivity contribution < 1.29 is 4.74 Å². The minimum atomic E-state index is 0.630. The Morgan fingerprint density at radius 1 is 1.16 bits per heavy atom. The Balaban J connectivity index is 1.77. The van der Waals surface area contributed by atoms with Crippen LogP contribution in [0.2, 0.25) is 0 Å². The molecule has 3 heteroatoms. The highest BCUT2D eigenvalue weighted by molar-refractivity contribution is 5.69. The highest BCUT2D eigenvalue weighted by Gasteiger charge is 2.15. The summed E-state index contributed by atoms with van der Waals surface area (Å²) < 4.78 is 6.02. The predicted octanol–water partition coefficient (Wildman–Crippen LogP) is 2.74. The average Bonchev–Trinajstić information content (AvgIpc) is 3.00. The van der Waals surface area contributed by atoms with Crippen LogP contribution < -0.4 is 10.1 Å². The van der Waals surface area contributed by atoms with Crippen molar-refractivity contribution in [2.24, 2.45) is 5.92 Å². The summed E-state index contributed by atoms with van der Waals surface area (Å²) in [6.45, 7) is 2.96. The molecule has 3 rings (SSSR count). The van der Waals surface area contributed by atoms with E-state index in [4.69, 9.17) is 4.74 Å². The highest BCUT2D eigenvalue weighted by atomic mass is 16.5. The molecule has 1 fully saturated rings. The first kappa shape index (κ1) is 12.2. The third-order valence-corrected chi connectivity index (χ3v) is 3.52. The van der Waals surface area contributed by atoms with Gasteiger partial charge in [-0.1, -0.05) is 18.2 Å². The van der Waals surface area contributed by atoms with Crippen LogP contribution in [0.3, 0.4) is 0 Å². The van der Waals surface area contributed by atoms with Gasteiger partial charge in [-0.05, 0) is 36.7 Å². The fourth-order valence-electron chi connectivity index (χ4n) is 2.43. The van der Waals surface area contributed by atoms with Crippen LogP contribution in [0.15, 0.2) is 48.8 Å². The van der Waals surface area contributed by atoms with Gasteiger partial charge in [-0.2, -0.15) is 0 Å². The second kappa shape index (κ2) is 5.85. The maximum absolute atomic E-state index is 6.02. The number of benzene rings is 1. The molecule has 0 aliphatic carbocycles. The molecule has 19 heavy (non-hydrogen) atoms. The first-order valence-corrected chi connectivity index (χ1v) is 6.76. The second-order valence-electron chi connectivity index (χ2n) is 4.90. The smallest absolute Gasteiger partial charge is 0.127 e. The van der Waals surface area contributed by atoms with Crippen LogP contribution in [0, 0.1) is 5.92 Å². The highest BCUT2D eigenvalue weighted by Crippen LogP contribution is 2.29. The number of para-hydroxylation sites is 1. The van der Waals surface area contributed by atoms with E-state index in [1.54, 1.807) is 0 Å².